The Kier molecular flexibility index (Phi) is 5.54. The first-order chi connectivity index (χ1) is 12.4. The fourth-order valence-corrected chi connectivity index (χ4v) is 3.77. The molecule has 2 amide bonds. The Hall–Kier alpha value is -2.44. The molecule has 3 rings (SSSR count). The highest BCUT2D eigenvalue weighted by atomic mass is 35.5. The zero-order valence-electron chi connectivity index (χ0n) is 14.4. The van der Waals surface area contributed by atoms with Crippen molar-refractivity contribution >= 4 is 55.8 Å². The van der Waals surface area contributed by atoms with Crippen LogP contribution in [0, 0.1) is 6.92 Å². The molecular formula is C19H18ClN3O2S. The summed E-state index contributed by atoms with van der Waals surface area (Å²) in [6.45, 7) is 3.37. The first-order valence-electron chi connectivity index (χ1n) is 8.14. The average molecular weight is 388 g/mol. The molecule has 1 aromatic heterocycles. The molecule has 0 atom stereocenters. The van der Waals surface area contributed by atoms with Crippen molar-refractivity contribution in [2.24, 2.45) is 0 Å². The number of anilines is 2. The minimum Gasteiger partial charge on any atom is -0.326 e. The second-order valence-corrected chi connectivity index (χ2v) is 7.48. The molecule has 1 heterocycles. The smallest absolute Gasteiger partial charge is 0.224 e. The number of halogens is 1. The molecule has 3 aromatic rings. The standard InChI is InChI=1S/C19H18ClN3O2S/c1-11-9-14(20)5-7-15(11)22-18(25)8-4-13-3-6-16-17(10-13)26-19(23-16)21-12(2)24/h3,5-7,9-10H,4,8H2,1-2H3,(H,22,25)(H,21,23,24). The van der Waals surface area contributed by atoms with Crippen LogP contribution >= 0.6 is 22.9 Å². The van der Waals surface area contributed by atoms with Crippen molar-refractivity contribution in [1.82, 2.24) is 4.98 Å². The highest BCUT2D eigenvalue weighted by Crippen LogP contribution is 2.27. The summed E-state index contributed by atoms with van der Waals surface area (Å²) >= 11 is 7.36. The molecule has 0 aliphatic rings. The molecule has 0 saturated heterocycles. The fraction of sp³-hybridized carbons (Fsp3) is 0.211. The summed E-state index contributed by atoms with van der Waals surface area (Å²) in [5.74, 6) is -0.183. The van der Waals surface area contributed by atoms with E-state index in [0.29, 0.717) is 23.0 Å². The minimum absolute atomic E-state index is 0.0428. The van der Waals surface area contributed by atoms with Crippen LogP contribution in [0.5, 0.6) is 0 Å². The molecule has 0 aliphatic carbocycles. The number of aryl methyl sites for hydroxylation is 2. The van der Waals surface area contributed by atoms with E-state index < -0.39 is 0 Å². The first kappa shape index (κ1) is 18.4. The van der Waals surface area contributed by atoms with Crippen LogP contribution in [0.25, 0.3) is 10.2 Å². The Labute approximate surface area is 160 Å². The lowest BCUT2D eigenvalue weighted by Gasteiger charge is -2.08. The first-order valence-corrected chi connectivity index (χ1v) is 9.33. The van der Waals surface area contributed by atoms with Gasteiger partial charge in [-0.15, -0.1) is 0 Å². The van der Waals surface area contributed by atoms with Crippen LogP contribution in [0.3, 0.4) is 0 Å². The second-order valence-electron chi connectivity index (χ2n) is 6.01. The lowest BCUT2D eigenvalue weighted by molar-refractivity contribution is -0.116. The van der Waals surface area contributed by atoms with Gasteiger partial charge in [0.15, 0.2) is 5.13 Å². The van der Waals surface area contributed by atoms with Crippen LogP contribution in [-0.4, -0.2) is 16.8 Å². The number of hydrogen-bond acceptors (Lipinski definition) is 4. The maximum Gasteiger partial charge on any atom is 0.224 e. The van der Waals surface area contributed by atoms with E-state index in [2.05, 4.69) is 15.6 Å². The van der Waals surface area contributed by atoms with Crippen LogP contribution in [0.4, 0.5) is 10.8 Å². The van der Waals surface area contributed by atoms with Gasteiger partial charge in [-0.1, -0.05) is 29.0 Å². The van der Waals surface area contributed by atoms with Gasteiger partial charge in [0.1, 0.15) is 0 Å². The number of aromatic nitrogens is 1. The van der Waals surface area contributed by atoms with Crippen molar-refractivity contribution in [1.29, 1.82) is 0 Å². The Bertz CT molecular complexity index is 984. The van der Waals surface area contributed by atoms with Crippen LogP contribution in [0.1, 0.15) is 24.5 Å². The molecule has 0 radical (unpaired) electrons. The molecule has 26 heavy (non-hydrogen) atoms. The third-order valence-electron chi connectivity index (χ3n) is 3.84. The van der Waals surface area contributed by atoms with Crippen molar-refractivity contribution in [3.63, 3.8) is 0 Å². The molecular weight excluding hydrogens is 370 g/mol. The zero-order chi connectivity index (χ0) is 18.7. The summed E-state index contributed by atoms with van der Waals surface area (Å²) in [5, 5.41) is 6.85. The SMILES string of the molecule is CC(=O)Nc1nc2ccc(CCC(=O)Nc3ccc(Cl)cc3C)cc2s1. The molecule has 2 aromatic carbocycles. The Morgan fingerprint density at radius 2 is 1.96 bits per heavy atom. The highest BCUT2D eigenvalue weighted by molar-refractivity contribution is 7.22. The van der Waals surface area contributed by atoms with Crippen molar-refractivity contribution in [2.45, 2.75) is 26.7 Å². The number of fused-ring (bicyclic) bond motifs is 1. The van der Waals surface area contributed by atoms with E-state index in [1.54, 1.807) is 6.07 Å². The molecule has 0 fully saturated rings. The van der Waals surface area contributed by atoms with Gasteiger partial charge in [0, 0.05) is 24.1 Å². The van der Waals surface area contributed by atoms with Crippen LogP contribution < -0.4 is 10.6 Å². The van der Waals surface area contributed by atoms with Gasteiger partial charge in [-0.25, -0.2) is 4.98 Å². The van der Waals surface area contributed by atoms with Crippen molar-refractivity contribution in [2.75, 3.05) is 10.6 Å². The molecule has 0 unspecified atom stereocenters. The Morgan fingerprint density at radius 1 is 1.15 bits per heavy atom. The van der Waals surface area contributed by atoms with E-state index in [0.717, 1.165) is 27.0 Å². The topological polar surface area (TPSA) is 71.1 Å². The molecule has 0 bridgehead atoms. The Morgan fingerprint density at radius 3 is 2.69 bits per heavy atom. The summed E-state index contributed by atoms with van der Waals surface area (Å²) in [5.41, 5.74) is 3.60. The maximum atomic E-state index is 12.2. The monoisotopic (exact) mass is 387 g/mol. The third-order valence-corrected chi connectivity index (χ3v) is 5.01. The molecule has 0 aliphatic heterocycles. The minimum atomic E-state index is -0.140. The fourth-order valence-electron chi connectivity index (χ4n) is 2.57. The maximum absolute atomic E-state index is 12.2. The van der Waals surface area contributed by atoms with Gasteiger partial charge >= 0.3 is 0 Å². The largest absolute Gasteiger partial charge is 0.326 e. The van der Waals surface area contributed by atoms with Gasteiger partial charge in [-0.3, -0.25) is 9.59 Å². The number of rotatable bonds is 5. The molecule has 134 valence electrons. The highest BCUT2D eigenvalue weighted by Gasteiger charge is 2.09. The number of benzene rings is 2. The lowest BCUT2D eigenvalue weighted by Crippen LogP contribution is -2.13. The van der Waals surface area contributed by atoms with Gasteiger partial charge in [-0.2, -0.15) is 0 Å². The predicted molar refractivity (Wildman–Crippen MR) is 107 cm³/mol. The summed E-state index contributed by atoms with van der Waals surface area (Å²) in [6.07, 6.45) is 1.01. The van der Waals surface area contributed by atoms with Crippen molar-refractivity contribution < 1.29 is 9.59 Å². The molecule has 0 spiro atoms. The predicted octanol–water partition coefficient (Wildman–Crippen LogP) is 4.79. The summed E-state index contributed by atoms with van der Waals surface area (Å²) < 4.78 is 0.986. The summed E-state index contributed by atoms with van der Waals surface area (Å²) in [4.78, 5) is 27.7. The van der Waals surface area contributed by atoms with Crippen LogP contribution in [0.2, 0.25) is 5.02 Å². The average Bonchev–Trinajstić information content (AvgIpc) is 2.96. The Balaban J connectivity index is 1.63. The van der Waals surface area contributed by atoms with Crippen LogP contribution in [0.15, 0.2) is 36.4 Å². The number of thiazole rings is 1. The number of nitrogens with one attached hydrogen (secondary N) is 2. The van der Waals surface area contributed by atoms with E-state index in [9.17, 15) is 9.59 Å². The van der Waals surface area contributed by atoms with Gasteiger partial charge in [-0.05, 0) is 54.8 Å². The summed E-state index contributed by atoms with van der Waals surface area (Å²) in [7, 11) is 0. The van der Waals surface area contributed by atoms with Gasteiger partial charge in [0.2, 0.25) is 11.8 Å². The van der Waals surface area contributed by atoms with E-state index in [-0.39, 0.29) is 11.8 Å². The normalized spacial score (nSPS) is 10.7. The van der Waals surface area contributed by atoms with Gasteiger partial charge in [0.25, 0.3) is 0 Å². The number of amides is 2. The number of nitrogens with zero attached hydrogens (tertiary/aromatic N) is 1. The molecule has 2 N–H and O–H groups in total. The van der Waals surface area contributed by atoms with E-state index >= 15 is 0 Å². The molecule has 7 heteroatoms. The van der Waals surface area contributed by atoms with E-state index in [1.807, 2.05) is 37.3 Å². The van der Waals surface area contributed by atoms with Crippen LogP contribution in [-0.2, 0) is 16.0 Å². The molecule has 5 nitrogen and oxygen atoms in total. The van der Waals surface area contributed by atoms with E-state index in [4.69, 9.17) is 11.6 Å². The van der Waals surface area contributed by atoms with Crippen molar-refractivity contribution in [3.05, 3.63) is 52.5 Å². The van der Waals surface area contributed by atoms with Crippen molar-refractivity contribution in [3.8, 4) is 0 Å². The second kappa shape index (κ2) is 7.85. The zero-order valence-corrected chi connectivity index (χ0v) is 16.0. The number of carbonyl (C=O) groups is 2. The van der Waals surface area contributed by atoms with Gasteiger partial charge < -0.3 is 10.6 Å². The number of carbonyl (C=O) groups excluding carboxylic acids is 2. The third kappa shape index (κ3) is 4.59. The quantitative estimate of drug-likeness (QED) is 0.661. The summed E-state index contributed by atoms with van der Waals surface area (Å²) in [6, 6.07) is 11.3. The lowest BCUT2D eigenvalue weighted by atomic mass is 10.1. The molecule has 0 saturated carbocycles. The van der Waals surface area contributed by atoms with E-state index in [1.165, 1.54) is 18.3 Å². The van der Waals surface area contributed by atoms with Gasteiger partial charge in [0.05, 0.1) is 10.2 Å². The number of hydrogen-bond donors (Lipinski definition) is 2.